The van der Waals surface area contributed by atoms with Crippen LogP contribution >= 0.6 is 0 Å². The number of likely N-dealkylation sites (N-methyl/N-ethyl adjacent to an activating group) is 1. The Hall–Kier alpha value is -2.24. The Balaban J connectivity index is 1.67. The molecular formula is C14H14FN3O2. The molecule has 2 atom stereocenters. The van der Waals surface area contributed by atoms with Gasteiger partial charge in [0, 0.05) is 13.0 Å². The molecular weight excluding hydrogens is 261 g/mol. The largest absolute Gasteiger partial charge is 0.359 e. The smallest absolute Gasteiger partial charge is 0.230 e. The van der Waals surface area contributed by atoms with E-state index in [1.807, 2.05) is 0 Å². The van der Waals surface area contributed by atoms with E-state index in [1.165, 1.54) is 12.1 Å². The van der Waals surface area contributed by atoms with Crippen molar-refractivity contribution in [1.29, 1.82) is 0 Å². The molecule has 1 heterocycles. The van der Waals surface area contributed by atoms with E-state index in [2.05, 4.69) is 15.5 Å². The summed E-state index contributed by atoms with van der Waals surface area (Å²) in [5.74, 6) is 1.03. The van der Waals surface area contributed by atoms with Crippen LogP contribution in [0.5, 0.6) is 0 Å². The van der Waals surface area contributed by atoms with E-state index in [1.54, 1.807) is 19.2 Å². The summed E-state index contributed by atoms with van der Waals surface area (Å²) in [5.41, 5.74) is 1.07. The van der Waals surface area contributed by atoms with Crippen LogP contribution < -0.4 is 5.32 Å². The van der Waals surface area contributed by atoms with E-state index < -0.39 is 0 Å². The van der Waals surface area contributed by atoms with Gasteiger partial charge in [-0.15, -0.1) is 0 Å². The van der Waals surface area contributed by atoms with Crippen LogP contribution in [-0.4, -0.2) is 23.1 Å². The van der Waals surface area contributed by atoms with Gasteiger partial charge in [-0.25, -0.2) is 4.39 Å². The first kappa shape index (κ1) is 12.8. The van der Waals surface area contributed by atoms with Gasteiger partial charge in [-0.05, 0) is 30.0 Å². The van der Waals surface area contributed by atoms with Crippen molar-refractivity contribution in [3.05, 3.63) is 47.4 Å². The number of carbonyl (C=O) groups is 1. The number of hydrogen-bond donors (Lipinski definition) is 1. The highest BCUT2D eigenvalue weighted by Gasteiger charge is 2.43. The molecule has 5 nitrogen and oxygen atoms in total. The lowest BCUT2D eigenvalue weighted by Crippen LogP contribution is -2.20. The van der Waals surface area contributed by atoms with Crippen LogP contribution in [0.2, 0.25) is 0 Å². The highest BCUT2D eigenvalue weighted by atomic mass is 19.1. The van der Waals surface area contributed by atoms with Crippen molar-refractivity contribution >= 4 is 5.91 Å². The Kier molecular flexibility index (Phi) is 3.22. The summed E-state index contributed by atoms with van der Waals surface area (Å²) in [7, 11) is 1.56. The van der Waals surface area contributed by atoms with Gasteiger partial charge in [-0.3, -0.25) is 4.79 Å². The molecule has 1 aromatic heterocycles. The molecule has 1 N–H and O–H groups in total. The molecule has 0 spiro atoms. The zero-order valence-corrected chi connectivity index (χ0v) is 11.0. The molecule has 104 valence electrons. The van der Waals surface area contributed by atoms with E-state index in [0.29, 0.717) is 17.6 Å². The number of amides is 1. The number of nitrogens with one attached hydrogen (secondary N) is 1. The fourth-order valence-corrected chi connectivity index (χ4v) is 2.27. The number of aromatic nitrogens is 2. The molecule has 1 aliphatic rings. The summed E-state index contributed by atoms with van der Waals surface area (Å²) in [6.07, 6.45) is 1.03. The highest BCUT2D eigenvalue weighted by Crippen LogP contribution is 2.53. The third-order valence-electron chi connectivity index (χ3n) is 3.49. The van der Waals surface area contributed by atoms with Crippen LogP contribution in [0.15, 0.2) is 28.8 Å². The van der Waals surface area contributed by atoms with Gasteiger partial charge in [0.05, 0.1) is 6.42 Å². The second kappa shape index (κ2) is 5.03. The molecule has 6 heteroatoms. The summed E-state index contributed by atoms with van der Waals surface area (Å²) >= 11 is 0. The van der Waals surface area contributed by atoms with Crippen molar-refractivity contribution in [3.63, 3.8) is 0 Å². The first-order valence-corrected chi connectivity index (χ1v) is 6.46. The maximum atomic E-state index is 12.9. The first-order chi connectivity index (χ1) is 9.67. The molecule has 0 aliphatic heterocycles. The predicted molar refractivity (Wildman–Crippen MR) is 68.6 cm³/mol. The Morgan fingerprint density at radius 3 is 2.85 bits per heavy atom. The van der Waals surface area contributed by atoms with Crippen LogP contribution in [-0.2, 0) is 11.2 Å². The summed E-state index contributed by atoms with van der Waals surface area (Å²) in [5, 5.41) is 6.31. The van der Waals surface area contributed by atoms with Gasteiger partial charge in [0.2, 0.25) is 11.8 Å². The Labute approximate surface area is 115 Å². The quantitative estimate of drug-likeness (QED) is 0.923. The summed E-state index contributed by atoms with van der Waals surface area (Å²) in [6, 6.07) is 6.47. The lowest BCUT2D eigenvalue weighted by molar-refractivity contribution is -0.120. The number of benzene rings is 1. The van der Waals surface area contributed by atoms with Crippen LogP contribution in [0.1, 0.15) is 35.5 Å². The average molecular weight is 275 g/mol. The number of nitrogens with zero attached hydrogens (tertiary/aromatic N) is 2. The van der Waals surface area contributed by atoms with Crippen LogP contribution in [0.4, 0.5) is 4.39 Å². The minimum Gasteiger partial charge on any atom is -0.359 e. The minimum absolute atomic E-state index is 0.119. The third kappa shape index (κ3) is 2.54. The van der Waals surface area contributed by atoms with Crippen LogP contribution in [0.3, 0.4) is 0 Å². The van der Waals surface area contributed by atoms with Crippen LogP contribution in [0, 0.1) is 5.82 Å². The summed E-state index contributed by atoms with van der Waals surface area (Å²) in [4.78, 5) is 15.5. The van der Waals surface area contributed by atoms with Crippen molar-refractivity contribution in [3.8, 4) is 0 Å². The maximum absolute atomic E-state index is 12.9. The molecule has 2 aromatic rings. The number of hydrogen-bond acceptors (Lipinski definition) is 4. The maximum Gasteiger partial charge on any atom is 0.230 e. The zero-order valence-electron chi connectivity index (χ0n) is 11.0. The molecule has 0 bridgehead atoms. The van der Waals surface area contributed by atoms with Gasteiger partial charge in [-0.2, -0.15) is 4.98 Å². The van der Waals surface area contributed by atoms with E-state index in [-0.39, 0.29) is 24.1 Å². The third-order valence-corrected chi connectivity index (χ3v) is 3.49. The van der Waals surface area contributed by atoms with E-state index in [4.69, 9.17) is 4.52 Å². The SMILES string of the molecule is CNC(=O)Cc1noc([C@H]2C[C@H]2c2ccc(F)cc2)n1. The van der Waals surface area contributed by atoms with Gasteiger partial charge in [0.1, 0.15) is 5.82 Å². The summed E-state index contributed by atoms with van der Waals surface area (Å²) in [6.45, 7) is 0. The first-order valence-electron chi connectivity index (χ1n) is 6.46. The lowest BCUT2D eigenvalue weighted by Gasteiger charge is -1.97. The highest BCUT2D eigenvalue weighted by molar-refractivity contribution is 5.77. The molecule has 1 aromatic carbocycles. The van der Waals surface area contributed by atoms with E-state index in [9.17, 15) is 9.18 Å². The molecule has 1 fully saturated rings. The molecule has 20 heavy (non-hydrogen) atoms. The minimum atomic E-state index is -0.239. The lowest BCUT2D eigenvalue weighted by atomic mass is 10.1. The molecule has 1 amide bonds. The summed E-state index contributed by atoms with van der Waals surface area (Å²) < 4.78 is 18.1. The second-order valence-electron chi connectivity index (χ2n) is 4.90. The predicted octanol–water partition coefficient (Wildman–Crippen LogP) is 1.77. The topological polar surface area (TPSA) is 68.0 Å². The Bertz CT molecular complexity index is 624. The zero-order chi connectivity index (χ0) is 14.1. The number of rotatable bonds is 4. The molecule has 0 saturated heterocycles. The standard InChI is InChI=1S/C14H14FN3O2/c1-16-13(19)7-12-17-14(20-18-12)11-6-10(11)8-2-4-9(15)5-3-8/h2-5,10-11H,6-7H2,1H3,(H,16,19)/t10-,11-/m0/s1. The molecule has 0 unspecified atom stereocenters. The Morgan fingerprint density at radius 2 is 2.15 bits per heavy atom. The van der Waals surface area contributed by atoms with Crippen molar-refractivity contribution in [2.45, 2.75) is 24.7 Å². The number of carbonyl (C=O) groups excluding carboxylic acids is 1. The number of halogens is 1. The van der Waals surface area contributed by atoms with Crippen LogP contribution in [0.25, 0.3) is 0 Å². The molecule has 1 aliphatic carbocycles. The normalized spacial score (nSPS) is 20.7. The molecule has 1 saturated carbocycles. The van der Waals surface area contributed by atoms with Gasteiger partial charge >= 0.3 is 0 Å². The second-order valence-corrected chi connectivity index (χ2v) is 4.90. The van der Waals surface area contributed by atoms with Gasteiger partial charge < -0.3 is 9.84 Å². The van der Waals surface area contributed by atoms with Gasteiger partial charge in [-0.1, -0.05) is 17.3 Å². The van der Waals surface area contributed by atoms with Gasteiger partial charge in [0.15, 0.2) is 5.82 Å². The Morgan fingerprint density at radius 1 is 1.40 bits per heavy atom. The molecule has 0 radical (unpaired) electrons. The fourth-order valence-electron chi connectivity index (χ4n) is 2.27. The van der Waals surface area contributed by atoms with Crippen molar-refractivity contribution in [2.24, 2.45) is 0 Å². The van der Waals surface area contributed by atoms with Crippen molar-refractivity contribution < 1.29 is 13.7 Å². The van der Waals surface area contributed by atoms with Gasteiger partial charge in [0.25, 0.3) is 0 Å². The van der Waals surface area contributed by atoms with Crippen molar-refractivity contribution in [2.75, 3.05) is 7.05 Å². The van der Waals surface area contributed by atoms with E-state index >= 15 is 0 Å². The van der Waals surface area contributed by atoms with E-state index in [0.717, 1.165) is 12.0 Å². The monoisotopic (exact) mass is 275 g/mol. The average Bonchev–Trinajstić information content (AvgIpc) is 3.12. The molecule has 3 rings (SSSR count). The fraction of sp³-hybridized carbons (Fsp3) is 0.357. The van der Waals surface area contributed by atoms with Crippen molar-refractivity contribution in [1.82, 2.24) is 15.5 Å².